The van der Waals surface area contributed by atoms with E-state index in [-0.39, 0.29) is 0 Å². The highest BCUT2D eigenvalue weighted by atomic mass is 16.4. The molecule has 0 fully saturated rings. The van der Waals surface area contributed by atoms with Gasteiger partial charge in [-0.15, -0.1) is 0 Å². The zero-order valence-corrected chi connectivity index (χ0v) is 8.89. The zero-order valence-electron chi connectivity index (χ0n) is 8.89. The molecule has 0 aliphatic rings. The number of aliphatic hydroxyl groups is 1. The fourth-order valence-electron chi connectivity index (χ4n) is 1.40. The van der Waals surface area contributed by atoms with Crippen molar-refractivity contribution < 1.29 is 14.7 Å². The third-order valence-corrected chi connectivity index (χ3v) is 2.24. The van der Waals surface area contributed by atoms with Crippen LogP contribution in [0, 0.1) is 0 Å². The van der Waals surface area contributed by atoms with Gasteiger partial charge in [0.15, 0.2) is 0 Å². The van der Waals surface area contributed by atoms with Gasteiger partial charge < -0.3 is 14.7 Å². The van der Waals surface area contributed by atoms with Gasteiger partial charge in [0.2, 0.25) is 0 Å². The molecule has 1 rings (SSSR count). The second-order valence-corrected chi connectivity index (χ2v) is 3.50. The zero-order chi connectivity index (χ0) is 11.1. The Morgan fingerprint density at radius 2 is 2.27 bits per heavy atom. The maximum Gasteiger partial charge on any atom is 0.148 e. The molecule has 2 N–H and O–H groups in total. The Labute approximate surface area is 89.2 Å². The molecule has 0 bridgehead atoms. The summed E-state index contributed by atoms with van der Waals surface area (Å²) in [6.07, 6.45) is 4.58. The summed E-state index contributed by atoms with van der Waals surface area (Å²) in [4.78, 5) is 0. The van der Waals surface area contributed by atoms with Crippen LogP contribution in [0.15, 0.2) is 21.7 Å². The van der Waals surface area contributed by atoms with Crippen LogP contribution in [0.1, 0.15) is 50.2 Å². The first kappa shape index (κ1) is 11.8. The van der Waals surface area contributed by atoms with Gasteiger partial charge in [0.25, 0.3) is 0 Å². The maximum atomic E-state index is 9.73. The van der Waals surface area contributed by atoms with E-state index in [9.17, 15) is 5.11 Å². The van der Waals surface area contributed by atoms with Gasteiger partial charge in [-0.25, -0.2) is 0 Å². The summed E-state index contributed by atoms with van der Waals surface area (Å²) in [5.41, 5.74) is 0. The first-order valence-corrected chi connectivity index (χ1v) is 5.23. The summed E-state index contributed by atoms with van der Waals surface area (Å²) in [5, 5.41) is 20.9. The van der Waals surface area contributed by atoms with Crippen molar-refractivity contribution in [1.29, 1.82) is 0 Å². The Bertz CT molecular complexity index is 307. The SMILES string of the molecule is CCCCCC(O)c1ccc(C=NO)o1. The molecule has 1 aromatic rings. The predicted molar refractivity (Wildman–Crippen MR) is 57.2 cm³/mol. The quantitative estimate of drug-likeness (QED) is 0.329. The third kappa shape index (κ3) is 3.75. The third-order valence-electron chi connectivity index (χ3n) is 2.24. The predicted octanol–water partition coefficient (Wildman–Crippen LogP) is 2.70. The molecule has 0 radical (unpaired) electrons. The van der Waals surface area contributed by atoms with E-state index in [1.807, 2.05) is 0 Å². The smallest absolute Gasteiger partial charge is 0.148 e. The molecule has 0 saturated carbocycles. The summed E-state index contributed by atoms with van der Waals surface area (Å²) >= 11 is 0. The van der Waals surface area contributed by atoms with E-state index < -0.39 is 6.10 Å². The van der Waals surface area contributed by atoms with Crippen molar-refractivity contribution in [3.8, 4) is 0 Å². The average Bonchev–Trinajstić information content (AvgIpc) is 2.67. The number of oxime groups is 1. The Balaban J connectivity index is 2.46. The number of furan rings is 1. The van der Waals surface area contributed by atoms with Crippen molar-refractivity contribution in [2.24, 2.45) is 5.16 Å². The summed E-state index contributed by atoms with van der Waals surface area (Å²) in [7, 11) is 0. The lowest BCUT2D eigenvalue weighted by Gasteiger charge is -2.06. The topological polar surface area (TPSA) is 66.0 Å². The molecule has 0 aliphatic heterocycles. The molecule has 1 atom stereocenters. The van der Waals surface area contributed by atoms with Crippen LogP contribution >= 0.6 is 0 Å². The molecule has 0 aromatic carbocycles. The Morgan fingerprint density at radius 3 is 2.93 bits per heavy atom. The van der Waals surface area contributed by atoms with Crippen molar-refractivity contribution in [2.45, 2.75) is 38.7 Å². The molecule has 4 nitrogen and oxygen atoms in total. The van der Waals surface area contributed by atoms with Gasteiger partial charge in [-0.05, 0) is 18.6 Å². The van der Waals surface area contributed by atoms with Gasteiger partial charge in [0, 0.05) is 0 Å². The van der Waals surface area contributed by atoms with E-state index in [0.717, 1.165) is 19.3 Å². The van der Waals surface area contributed by atoms with Crippen LogP contribution < -0.4 is 0 Å². The summed E-state index contributed by atoms with van der Waals surface area (Å²) in [6.45, 7) is 2.12. The second kappa shape index (κ2) is 6.24. The Kier molecular flexibility index (Phi) is 4.90. The van der Waals surface area contributed by atoms with Gasteiger partial charge in [-0.3, -0.25) is 0 Å². The van der Waals surface area contributed by atoms with Gasteiger partial charge in [-0.1, -0.05) is 31.3 Å². The minimum atomic E-state index is -0.558. The number of rotatable bonds is 6. The summed E-state index contributed by atoms with van der Waals surface area (Å²) in [5.74, 6) is 0.975. The molecular weight excluding hydrogens is 194 g/mol. The van der Waals surface area contributed by atoms with Crippen LogP contribution in [0.25, 0.3) is 0 Å². The van der Waals surface area contributed by atoms with Crippen LogP contribution in [0.3, 0.4) is 0 Å². The Hall–Kier alpha value is -1.29. The Morgan fingerprint density at radius 1 is 1.47 bits per heavy atom. The molecule has 0 saturated heterocycles. The minimum absolute atomic E-state index is 0.446. The van der Waals surface area contributed by atoms with Crippen molar-refractivity contribution in [2.75, 3.05) is 0 Å². The number of hydrogen-bond acceptors (Lipinski definition) is 4. The lowest BCUT2D eigenvalue weighted by atomic mass is 10.1. The number of aliphatic hydroxyl groups excluding tert-OH is 1. The van der Waals surface area contributed by atoms with E-state index in [2.05, 4.69) is 12.1 Å². The largest absolute Gasteiger partial charge is 0.457 e. The highest BCUT2D eigenvalue weighted by molar-refractivity contribution is 5.75. The van der Waals surface area contributed by atoms with Gasteiger partial charge in [0.1, 0.15) is 23.8 Å². The molecule has 4 heteroatoms. The first-order valence-electron chi connectivity index (χ1n) is 5.23. The number of unbranched alkanes of at least 4 members (excludes halogenated alkanes) is 2. The standard InChI is InChI=1S/C11H17NO3/c1-2-3-4-5-10(13)11-7-6-9(15-11)8-12-14/h6-8,10,13-14H,2-5H2,1H3. The maximum absolute atomic E-state index is 9.73. The van der Waals surface area contributed by atoms with Crippen LogP contribution in [-0.4, -0.2) is 16.5 Å². The number of hydrogen-bond donors (Lipinski definition) is 2. The summed E-state index contributed by atoms with van der Waals surface area (Å²) < 4.78 is 5.26. The van der Waals surface area contributed by atoms with E-state index in [4.69, 9.17) is 9.62 Å². The van der Waals surface area contributed by atoms with Crippen molar-refractivity contribution >= 4 is 6.21 Å². The lowest BCUT2D eigenvalue weighted by Crippen LogP contribution is -1.95. The van der Waals surface area contributed by atoms with Crippen LogP contribution in [0.4, 0.5) is 0 Å². The fraction of sp³-hybridized carbons (Fsp3) is 0.545. The number of nitrogens with zero attached hydrogens (tertiary/aromatic N) is 1. The van der Waals surface area contributed by atoms with Crippen LogP contribution in [0.5, 0.6) is 0 Å². The van der Waals surface area contributed by atoms with Gasteiger partial charge >= 0.3 is 0 Å². The van der Waals surface area contributed by atoms with Gasteiger partial charge in [0.05, 0.1) is 0 Å². The fourth-order valence-corrected chi connectivity index (χ4v) is 1.40. The minimum Gasteiger partial charge on any atom is -0.457 e. The molecule has 0 amide bonds. The first-order chi connectivity index (χ1) is 7.27. The van der Waals surface area contributed by atoms with Crippen molar-refractivity contribution in [3.05, 3.63) is 23.7 Å². The van der Waals surface area contributed by atoms with E-state index in [0.29, 0.717) is 17.9 Å². The molecular formula is C11H17NO3. The van der Waals surface area contributed by atoms with Crippen molar-refractivity contribution in [1.82, 2.24) is 0 Å². The monoisotopic (exact) mass is 211 g/mol. The van der Waals surface area contributed by atoms with Crippen LogP contribution in [-0.2, 0) is 0 Å². The molecule has 0 spiro atoms. The second-order valence-electron chi connectivity index (χ2n) is 3.50. The molecule has 1 heterocycles. The van der Waals surface area contributed by atoms with Gasteiger partial charge in [-0.2, -0.15) is 0 Å². The van der Waals surface area contributed by atoms with Crippen LogP contribution in [0.2, 0.25) is 0 Å². The average molecular weight is 211 g/mol. The normalized spacial score (nSPS) is 13.5. The lowest BCUT2D eigenvalue weighted by molar-refractivity contribution is 0.136. The molecule has 0 aliphatic carbocycles. The molecule has 1 aromatic heterocycles. The molecule has 1 unspecified atom stereocenters. The van der Waals surface area contributed by atoms with Crippen molar-refractivity contribution in [3.63, 3.8) is 0 Å². The highest BCUT2D eigenvalue weighted by Gasteiger charge is 2.11. The van der Waals surface area contributed by atoms with E-state index in [1.165, 1.54) is 6.21 Å². The molecule has 84 valence electrons. The van der Waals surface area contributed by atoms with E-state index in [1.54, 1.807) is 12.1 Å². The van der Waals surface area contributed by atoms with E-state index >= 15 is 0 Å². The molecule has 15 heavy (non-hydrogen) atoms. The summed E-state index contributed by atoms with van der Waals surface area (Å²) in [6, 6.07) is 3.37. The highest BCUT2D eigenvalue weighted by Crippen LogP contribution is 2.21.